The number of anilines is 1. The van der Waals surface area contributed by atoms with Gasteiger partial charge < -0.3 is 19.5 Å². The van der Waals surface area contributed by atoms with E-state index in [1.165, 1.54) is 17.6 Å². The Hall–Kier alpha value is -2.23. The molecule has 0 aliphatic carbocycles. The van der Waals surface area contributed by atoms with Crippen LogP contribution in [0.2, 0.25) is 0 Å². The first-order valence-corrected chi connectivity index (χ1v) is 9.43. The van der Waals surface area contributed by atoms with Crippen LogP contribution >= 0.6 is 11.3 Å². The maximum Gasteiger partial charge on any atom is 0.264 e. The molecule has 0 atom stereocenters. The Labute approximate surface area is 155 Å². The summed E-state index contributed by atoms with van der Waals surface area (Å²) in [6, 6.07) is 5.17. The molecular formula is C17H22N4O4S. The summed E-state index contributed by atoms with van der Waals surface area (Å²) in [4.78, 5) is 29.5. The van der Waals surface area contributed by atoms with E-state index in [4.69, 9.17) is 9.26 Å². The molecule has 0 aromatic carbocycles. The van der Waals surface area contributed by atoms with Gasteiger partial charge >= 0.3 is 0 Å². The Kier molecular flexibility index (Phi) is 6.75. The molecule has 1 fully saturated rings. The van der Waals surface area contributed by atoms with E-state index in [1.54, 1.807) is 17.0 Å². The smallest absolute Gasteiger partial charge is 0.264 e. The van der Waals surface area contributed by atoms with E-state index < -0.39 is 0 Å². The van der Waals surface area contributed by atoms with Gasteiger partial charge in [0.15, 0.2) is 5.82 Å². The van der Waals surface area contributed by atoms with Crippen molar-refractivity contribution in [2.75, 3.05) is 51.3 Å². The first-order valence-electron chi connectivity index (χ1n) is 8.55. The van der Waals surface area contributed by atoms with Crippen LogP contribution in [-0.4, -0.2) is 72.7 Å². The Morgan fingerprint density at radius 3 is 2.85 bits per heavy atom. The number of nitrogens with one attached hydrogen (secondary N) is 1. The third kappa shape index (κ3) is 5.38. The summed E-state index contributed by atoms with van der Waals surface area (Å²) >= 11 is 1.38. The van der Waals surface area contributed by atoms with E-state index in [0.717, 1.165) is 39.3 Å². The second kappa shape index (κ2) is 9.46. The highest BCUT2D eigenvalue weighted by Crippen LogP contribution is 2.13. The second-order valence-corrected chi connectivity index (χ2v) is 6.89. The lowest BCUT2D eigenvalue weighted by Crippen LogP contribution is -2.41. The van der Waals surface area contributed by atoms with Gasteiger partial charge in [-0.2, -0.15) is 0 Å². The number of aromatic nitrogens is 1. The predicted molar refractivity (Wildman–Crippen MR) is 97.2 cm³/mol. The van der Waals surface area contributed by atoms with Crippen molar-refractivity contribution in [2.24, 2.45) is 0 Å². The zero-order valence-corrected chi connectivity index (χ0v) is 15.2. The van der Waals surface area contributed by atoms with Gasteiger partial charge in [-0.15, -0.1) is 11.3 Å². The average Bonchev–Trinajstić information content (AvgIpc) is 3.35. The Morgan fingerprint density at radius 1 is 1.31 bits per heavy atom. The van der Waals surface area contributed by atoms with Crippen LogP contribution in [0.15, 0.2) is 34.4 Å². The van der Waals surface area contributed by atoms with Gasteiger partial charge in [-0.3, -0.25) is 14.5 Å². The first kappa shape index (κ1) is 18.6. The van der Waals surface area contributed by atoms with Crippen LogP contribution in [0, 0.1) is 0 Å². The number of rotatable bonds is 8. The topological polar surface area (TPSA) is 87.9 Å². The number of nitrogens with zero attached hydrogens (tertiary/aromatic N) is 3. The molecule has 0 bridgehead atoms. The summed E-state index contributed by atoms with van der Waals surface area (Å²) in [5, 5.41) is 8.14. The minimum Gasteiger partial charge on any atom is -0.379 e. The highest BCUT2D eigenvalue weighted by Gasteiger charge is 2.20. The fourth-order valence-corrected chi connectivity index (χ4v) is 3.44. The molecule has 1 aliphatic rings. The number of ether oxygens (including phenoxy) is 1. The van der Waals surface area contributed by atoms with E-state index in [1.807, 2.05) is 11.4 Å². The predicted octanol–water partition coefficient (Wildman–Crippen LogP) is 1.54. The molecule has 3 rings (SSSR count). The summed E-state index contributed by atoms with van der Waals surface area (Å²) in [5.41, 5.74) is 0. The lowest BCUT2D eigenvalue weighted by molar-refractivity contribution is -0.117. The minimum absolute atomic E-state index is 0.0211. The van der Waals surface area contributed by atoms with E-state index in [0.29, 0.717) is 17.2 Å². The molecule has 1 N–H and O–H groups in total. The fraction of sp³-hybridized carbons (Fsp3) is 0.471. The largest absolute Gasteiger partial charge is 0.379 e. The molecule has 0 saturated carbocycles. The molecule has 1 saturated heterocycles. The average molecular weight is 378 g/mol. The summed E-state index contributed by atoms with van der Waals surface area (Å²) in [6.45, 7) is 4.68. The third-order valence-electron chi connectivity index (χ3n) is 4.07. The highest BCUT2D eigenvalue weighted by molar-refractivity contribution is 7.12. The number of hydrogen-bond donors (Lipinski definition) is 1. The van der Waals surface area contributed by atoms with Gasteiger partial charge in [-0.25, -0.2) is 0 Å². The van der Waals surface area contributed by atoms with Crippen molar-refractivity contribution in [1.82, 2.24) is 15.0 Å². The number of amides is 2. The third-order valence-corrected chi connectivity index (χ3v) is 4.92. The lowest BCUT2D eigenvalue weighted by atomic mass is 10.3. The van der Waals surface area contributed by atoms with Crippen LogP contribution in [0.4, 0.5) is 5.82 Å². The van der Waals surface area contributed by atoms with Crippen molar-refractivity contribution < 1.29 is 18.8 Å². The van der Waals surface area contributed by atoms with Crippen LogP contribution in [0.3, 0.4) is 0 Å². The molecule has 9 heteroatoms. The molecule has 2 aromatic rings. The fourth-order valence-electron chi connectivity index (χ4n) is 2.75. The molecule has 26 heavy (non-hydrogen) atoms. The number of thiophene rings is 1. The molecule has 0 spiro atoms. The van der Waals surface area contributed by atoms with Crippen molar-refractivity contribution in [2.45, 2.75) is 6.42 Å². The molecule has 2 aromatic heterocycles. The van der Waals surface area contributed by atoms with E-state index >= 15 is 0 Å². The molecule has 1 aliphatic heterocycles. The monoisotopic (exact) mass is 378 g/mol. The van der Waals surface area contributed by atoms with Gasteiger partial charge in [0.1, 0.15) is 12.8 Å². The maximum absolute atomic E-state index is 12.7. The van der Waals surface area contributed by atoms with Gasteiger partial charge in [-0.1, -0.05) is 11.2 Å². The zero-order chi connectivity index (χ0) is 18.2. The van der Waals surface area contributed by atoms with Crippen molar-refractivity contribution in [3.05, 3.63) is 34.7 Å². The molecule has 0 unspecified atom stereocenters. The van der Waals surface area contributed by atoms with Gasteiger partial charge in [0.05, 0.1) is 18.1 Å². The molecule has 8 nitrogen and oxygen atoms in total. The summed E-state index contributed by atoms with van der Waals surface area (Å²) in [7, 11) is 0. The maximum atomic E-state index is 12.7. The minimum atomic E-state index is -0.296. The standard InChI is InChI=1S/C17H22N4O4S/c22-16(18-15-4-9-25-19-15)13-21(17(23)14-3-1-12-26-14)6-2-5-20-7-10-24-11-8-20/h1,3-4,9,12H,2,5-8,10-11,13H2,(H,18,19,22). The Balaban J connectivity index is 1.55. The summed E-state index contributed by atoms with van der Waals surface area (Å²) < 4.78 is 10.0. The van der Waals surface area contributed by atoms with Gasteiger partial charge in [0.2, 0.25) is 5.91 Å². The number of carbonyl (C=O) groups excluding carboxylic acids is 2. The number of hydrogen-bond acceptors (Lipinski definition) is 7. The second-order valence-electron chi connectivity index (χ2n) is 5.94. The van der Waals surface area contributed by atoms with Crippen LogP contribution in [0.25, 0.3) is 0 Å². The number of morpholine rings is 1. The molecule has 2 amide bonds. The highest BCUT2D eigenvalue weighted by atomic mass is 32.1. The van der Waals surface area contributed by atoms with E-state index in [2.05, 4.69) is 15.4 Å². The first-order chi connectivity index (χ1) is 12.7. The summed E-state index contributed by atoms with van der Waals surface area (Å²) in [5.74, 6) is -0.0840. The quantitative estimate of drug-likeness (QED) is 0.750. The molecule has 140 valence electrons. The van der Waals surface area contributed by atoms with E-state index in [-0.39, 0.29) is 18.4 Å². The normalized spacial score (nSPS) is 14.9. The van der Waals surface area contributed by atoms with Crippen molar-refractivity contribution >= 4 is 29.0 Å². The molecule has 0 radical (unpaired) electrons. The van der Waals surface area contributed by atoms with Crippen LogP contribution < -0.4 is 5.32 Å². The van der Waals surface area contributed by atoms with Crippen molar-refractivity contribution in [3.8, 4) is 0 Å². The van der Waals surface area contributed by atoms with E-state index in [9.17, 15) is 9.59 Å². The Morgan fingerprint density at radius 2 is 2.15 bits per heavy atom. The van der Waals surface area contributed by atoms with Gasteiger partial charge in [0.25, 0.3) is 5.91 Å². The van der Waals surface area contributed by atoms with Crippen molar-refractivity contribution in [3.63, 3.8) is 0 Å². The molecule has 3 heterocycles. The summed E-state index contributed by atoms with van der Waals surface area (Å²) in [6.07, 6.45) is 2.18. The van der Waals surface area contributed by atoms with Crippen molar-refractivity contribution in [1.29, 1.82) is 0 Å². The van der Waals surface area contributed by atoms with Gasteiger partial charge in [-0.05, 0) is 17.9 Å². The Bertz CT molecular complexity index is 684. The van der Waals surface area contributed by atoms with Gasteiger partial charge in [0, 0.05) is 32.2 Å². The lowest BCUT2D eigenvalue weighted by Gasteiger charge is -2.28. The van der Waals surface area contributed by atoms with Crippen LogP contribution in [0.1, 0.15) is 16.1 Å². The number of carbonyl (C=O) groups is 2. The molecular weight excluding hydrogens is 356 g/mol. The van der Waals surface area contributed by atoms with Crippen LogP contribution in [0.5, 0.6) is 0 Å². The SMILES string of the molecule is O=C(CN(CCCN1CCOCC1)C(=O)c1cccs1)Nc1ccon1. The van der Waals surface area contributed by atoms with Crippen LogP contribution in [-0.2, 0) is 9.53 Å². The zero-order valence-electron chi connectivity index (χ0n) is 14.4.